The van der Waals surface area contributed by atoms with Gasteiger partial charge < -0.3 is 24.2 Å². The van der Waals surface area contributed by atoms with Gasteiger partial charge in [-0.2, -0.15) is 0 Å². The van der Waals surface area contributed by atoms with E-state index in [0.29, 0.717) is 36.6 Å². The van der Waals surface area contributed by atoms with Crippen LogP contribution in [0.15, 0.2) is 102 Å². The molecule has 4 aromatic carbocycles. The third-order valence-electron chi connectivity index (χ3n) is 7.11. The average Bonchev–Trinajstić information content (AvgIpc) is 3.37. The zero-order valence-corrected chi connectivity index (χ0v) is 25.4. The number of hydrogen-bond acceptors (Lipinski definition) is 7. The van der Waals surface area contributed by atoms with Gasteiger partial charge in [-0.15, -0.1) is 0 Å². The highest BCUT2D eigenvalue weighted by Crippen LogP contribution is 2.26. The highest BCUT2D eigenvalue weighted by atomic mass is 32.1. The Kier molecular flexibility index (Phi) is 10.2. The number of carbonyl (C=O) groups excluding carboxylic acids is 1. The van der Waals surface area contributed by atoms with E-state index in [1.807, 2.05) is 91.0 Å². The second-order valence-electron chi connectivity index (χ2n) is 10.3. The van der Waals surface area contributed by atoms with Gasteiger partial charge >= 0.3 is 4.87 Å². The fourth-order valence-electron chi connectivity index (χ4n) is 4.75. The van der Waals surface area contributed by atoms with Gasteiger partial charge in [-0.25, -0.2) is 0 Å². The second-order valence-corrected chi connectivity index (χ2v) is 11.4. The molecule has 0 bridgehead atoms. The summed E-state index contributed by atoms with van der Waals surface area (Å²) in [6, 6.07) is 31.5. The SMILES string of the molecule is COCCOCOc1ccc(-c2ccc(C(=O)N(C)Cc3cccc(-c4ccc(Cc5sc(=O)[nH]c5O)cc4)c3)cc2)cc1. The Balaban J connectivity index is 1.17. The predicted molar refractivity (Wildman–Crippen MR) is 172 cm³/mol. The summed E-state index contributed by atoms with van der Waals surface area (Å²) in [6.45, 7) is 1.64. The molecule has 5 aromatic rings. The fourth-order valence-corrected chi connectivity index (χ4v) is 5.51. The van der Waals surface area contributed by atoms with Crippen LogP contribution < -0.4 is 9.61 Å². The molecule has 226 valence electrons. The lowest BCUT2D eigenvalue weighted by atomic mass is 10.0. The number of carbonyl (C=O) groups is 1. The van der Waals surface area contributed by atoms with Crippen LogP contribution >= 0.6 is 11.3 Å². The number of hydrogen-bond donors (Lipinski definition) is 2. The van der Waals surface area contributed by atoms with Gasteiger partial charge in [-0.1, -0.05) is 78.1 Å². The van der Waals surface area contributed by atoms with Crippen molar-refractivity contribution < 1.29 is 24.1 Å². The third kappa shape index (κ3) is 8.02. The van der Waals surface area contributed by atoms with Gasteiger partial charge in [0.2, 0.25) is 5.88 Å². The van der Waals surface area contributed by atoms with Crippen LogP contribution in [0.1, 0.15) is 26.4 Å². The number of thiazole rings is 1. The Morgan fingerprint density at radius 3 is 2.16 bits per heavy atom. The van der Waals surface area contributed by atoms with E-state index in [9.17, 15) is 14.7 Å². The number of methoxy groups -OCH3 is 1. The smallest absolute Gasteiger partial charge is 0.307 e. The van der Waals surface area contributed by atoms with Gasteiger partial charge in [0, 0.05) is 32.7 Å². The van der Waals surface area contributed by atoms with Crippen LogP contribution in [0.25, 0.3) is 22.3 Å². The van der Waals surface area contributed by atoms with Crippen LogP contribution in [-0.4, -0.2) is 55.1 Å². The van der Waals surface area contributed by atoms with Crippen molar-refractivity contribution in [2.75, 3.05) is 34.2 Å². The van der Waals surface area contributed by atoms with Crippen molar-refractivity contribution in [1.82, 2.24) is 9.88 Å². The van der Waals surface area contributed by atoms with Crippen LogP contribution in [0, 0.1) is 0 Å². The van der Waals surface area contributed by atoms with Crippen LogP contribution in [0.2, 0.25) is 0 Å². The maximum atomic E-state index is 13.2. The zero-order valence-electron chi connectivity index (χ0n) is 24.6. The van der Waals surface area contributed by atoms with E-state index in [1.165, 1.54) is 0 Å². The lowest BCUT2D eigenvalue weighted by Gasteiger charge is -2.18. The van der Waals surface area contributed by atoms with E-state index in [0.717, 1.165) is 50.5 Å². The molecule has 0 saturated carbocycles. The van der Waals surface area contributed by atoms with Gasteiger partial charge in [0.25, 0.3) is 5.91 Å². The Bertz CT molecular complexity index is 1730. The fraction of sp³-hybridized carbons (Fsp3) is 0.200. The summed E-state index contributed by atoms with van der Waals surface area (Å²) >= 11 is 1.02. The molecule has 0 aliphatic rings. The molecule has 0 aliphatic heterocycles. The van der Waals surface area contributed by atoms with Gasteiger partial charge in [0.05, 0.1) is 18.1 Å². The first-order valence-electron chi connectivity index (χ1n) is 14.1. The number of aromatic nitrogens is 1. The van der Waals surface area contributed by atoms with Crippen molar-refractivity contribution in [3.8, 4) is 33.9 Å². The van der Waals surface area contributed by atoms with Crippen LogP contribution in [0.4, 0.5) is 0 Å². The first kappa shape index (κ1) is 30.7. The molecule has 0 aliphatic carbocycles. The first-order valence-corrected chi connectivity index (χ1v) is 15.0. The van der Waals surface area contributed by atoms with Gasteiger partial charge in [-0.05, 0) is 63.7 Å². The standard InChI is InChI=1S/C35H34N2O6S/c1-37(34(39)29-12-10-26(11-13-29)27-14-16-31(17-15-27)43-23-42-19-18-41-2)22-25-4-3-5-30(20-25)28-8-6-24(7-9-28)21-32-33(38)36-35(40)44-32/h3-17,20,38H,18-19,21-23H2,1-2H3,(H,36,40). The van der Waals surface area contributed by atoms with Crippen molar-refractivity contribution in [3.63, 3.8) is 0 Å². The summed E-state index contributed by atoms with van der Waals surface area (Å²) in [5, 5.41) is 9.86. The quantitative estimate of drug-likeness (QED) is 0.119. The molecule has 0 atom stereocenters. The Morgan fingerprint density at radius 1 is 0.841 bits per heavy atom. The van der Waals surface area contributed by atoms with Gasteiger partial charge in [-0.3, -0.25) is 14.6 Å². The number of aromatic hydroxyl groups is 1. The number of aromatic amines is 1. The number of nitrogens with zero attached hydrogens (tertiary/aromatic N) is 1. The van der Waals surface area contributed by atoms with E-state index in [4.69, 9.17) is 14.2 Å². The molecule has 44 heavy (non-hydrogen) atoms. The molecule has 0 saturated heterocycles. The number of ether oxygens (including phenoxy) is 3. The summed E-state index contributed by atoms with van der Waals surface area (Å²) in [5.41, 5.74) is 6.76. The largest absolute Gasteiger partial charge is 0.494 e. The minimum absolute atomic E-state index is 0.0566. The van der Waals surface area contributed by atoms with Crippen molar-refractivity contribution in [3.05, 3.63) is 128 Å². The van der Waals surface area contributed by atoms with Crippen molar-refractivity contribution in [2.24, 2.45) is 0 Å². The Labute approximate surface area is 260 Å². The predicted octanol–water partition coefficient (Wildman–Crippen LogP) is 6.34. The highest BCUT2D eigenvalue weighted by molar-refractivity contribution is 7.09. The van der Waals surface area contributed by atoms with Crippen molar-refractivity contribution in [2.45, 2.75) is 13.0 Å². The molecule has 9 heteroatoms. The molecule has 1 amide bonds. The highest BCUT2D eigenvalue weighted by Gasteiger charge is 2.13. The summed E-state index contributed by atoms with van der Waals surface area (Å²) < 4.78 is 15.9. The topological polar surface area (TPSA) is 101 Å². The van der Waals surface area contributed by atoms with Crippen molar-refractivity contribution in [1.29, 1.82) is 0 Å². The number of amides is 1. The van der Waals surface area contributed by atoms with E-state index < -0.39 is 0 Å². The maximum Gasteiger partial charge on any atom is 0.307 e. The summed E-state index contributed by atoms with van der Waals surface area (Å²) in [7, 11) is 3.43. The third-order valence-corrected chi connectivity index (χ3v) is 7.98. The molecule has 1 heterocycles. The molecule has 5 rings (SSSR count). The van der Waals surface area contributed by atoms with E-state index >= 15 is 0 Å². The number of H-pyrrole nitrogens is 1. The minimum atomic E-state index is -0.264. The molecule has 0 spiro atoms. The van der Waals surface area contributed by atoms with Crippen molar-refractivity contribution >= 4 is 17.2 Å². The minimum Gasteiger partial charge on any atom is -0.494 e. The lowest BCUT2D eigenvalue weighted by molar-refractivity contribution is -0.00846. The molecular formula is C35H34N2O6S. The zero-order chi connectivity index (χ0) is 30.9. The summed E-state index contributed by atoms with van der Waals surface area (Å²) in [4.78, 5) is 29.2. The molecule has 0 radical (unpaired) electrons. The monoisotopic (exact) mass is 610 g/mol. The maximum absolute atomic E-state index is 13.2. The van der Waals surface area contributed by atoms with E-state index in [1.54, 1.807) is 19.1 Å². The molecule has 0 fully saturated rings. The van der Waals surface area contributed by atoms with Crippen LogP contribution in [0.3, 0.4) is 0 Å². The molecule has 2 N–H and O–H groups in total. The van der Waals surface area contributed by atoms with E-state index in [-0.39, 0.29) is 23.5 Å². The Hall–Kier alpha value is -4.70. The summed E-state index contributed by atoms with van der Waals surface area (Å²) in [5.74, 6) is 0.595. The van der Waals surface area contributed by atoms with Crippen LogP contribution in [-0.2, 0) is 22.4 Å². The molecular weight excluding hydrogens is 576 g/mol. The van der Waals surface area contributed by atoms with Gasteiger partial charge in [0.15, 0.2) is 6.79 Å². The van der Waals surface area contributed by atoms with Gasteiger partial charge in [0.1, 0.15) is 5.75 Å². The average molecular weight is 611 g/mol. The summed E-state index contributed by atoms with van der Waals surface area (Å²) in [6.07, 6.45) is 0.483. The lowest BCUT2D eigenvalue weighted by Crippen LogP contribution is -2.26. The molecule has 8 nitrogen and oxygen atoms in total. The number of nitrogens with one attached hydrogen (secondary N) is 1. The Morgan fingerprint density at radius 2 is 1.50 bits per heavy atom. The molecule has 1 aromatic heterocycles. The second kappa shape index (κ2) is 14.7. The number of rotatable bonds is 13. The first-order chi connectivity index (χ1) is 21.4. The number of benzene rings is 4. The molecule has 0 unspecified atom stereocenters. The van der Waals surface area contributed by atoms with E-state index in [2.05, 4.69) is 11.1 Å². The van der Waals surface area contributed by atoms with Crippen LogP contribution in [0.5, 0.6) is 11.6 Å². The normalized spacial score (nSPS) is 11.0.